The van der Waals surface area contributed by atoms with E-state index in [2.05, 4.69) is 0 Å². The van der Waals surface area contributed by atoms with Crippen molar-refractivity contribution in [2.24, 2.45) is 5.73 Å². The van der Waals surface area contributed by atoms with Gasteiger partial charge in [-0.05, 0) is 29.3 Å². The number of hydrogen-bond acceptors (Lipinski definition) is 3. The SMILES string of the molecule is NCc1ccc(C(O)CS(=O)c2cccc(F)c2)cc1. The molecule has 20 heavy (non-hydrogen) atoms. The summed E-state index contributed by atoms with van der Waals surface area (Å²) in [6.45, 7) is 0.436. The summed E-state index contributed by atoms with van der Waals surface area (Å²) in [6.07, 6.45) is -0.856. The van der Waals surface area contributed by atoms with E-state index in [1.807, 2.05) is 12.1 Å². The van der Waals surface area contributed by atoms with Crippen molar-refractivity contribution in [1.29, 1.82) is 0 Å². The van der Waals surface area contributed by atoms with Crippen LogP contribution in [-0.4, -0.2) is 15.1 Å². The predicted molar refractivity (Wildman–Crippen MR) is 77.0 cm³/mol. The van der Waals surface area contributed by atoms with Gasteiger partial charge in [-0.3, -0.25) is 4.21 Å². The van der Waals surface area contributed by atoms with E-state index in [0.717, 1.165) is 5.56 Å². The van der Waals surface area contributed by atoms with Gasteiger partial charge in [0.25, 0.3) is 0 Å². The van der Waals surface area contributed by atoms with Crippen LogP contribution in [0.3, 0.4) is 0 Å². The molecular formula is C15H16FNO2S. The largest absolute Gasteiger partial charge is 0.387 e. The number of aliphatic hydroxyl groups is 1. The van der Waals surface area contributed by atoms with Gasteiger partial charge in [0.1, 0.15) is 5.82 Å². The molecule has 5 heteroatoms. The quantitative estimate of drug-likeness (QED) is 0.887. The molecule has 0 saturated carbocycles. The average Bonchev–Trinajstić information content (AvgIpc) is 2.47. The highest BCUT2D eigenvalue weighted by molar-refractivity contribution is 7.85. The monoisotopic (exact) mass is 293 g/mol. The van der Waals surface area contributed by atoms with E-state index in [4.69, 9.17) is 5.73 Å². The first kappa shape index (κ1) is 14.8. The second kappa shape index (κ2) is 6.74. The Morgan fingerprint density at radius 3 is 2.50 bits per heavy atom. The summed E-state index contributed by atoms with van der Waals surface area (Å²) < 4.78 is 25.1. The summed E-state index contributed by atoms with van der Waals surface area (Å²) >= 11 is 0. The number of nitrogens with two attached hydrogens (primary N) is 1. The summed E-state index contributed by atoms with van der Waals surface area (Å²) in [5.74, 6) is -0.400. The molecule has 0 amide bonds. The zero-order valence-corrected chi connectivity index (χ0v) is 11.6. The molecule has 2 aromatic rings. The number of benzene rings is 2. The number of hydrogen-bond donors (Lipinski definition) is 2. The normalized spacial score (nSPS) is 13.9. The fourth-order valence-corrected chi connectivity index (χ4v) is 2.97. The Balaban J connectivity index is 2.06. The van der Waals surface area contributed by atoms with Crippen LogP contribution in [-0.2, 0) is 17.3 Å². The van der Waals surface area contributed by atoms with Crippen LogP contribution in [0.25, 0.3) is 0 Å². The Morgan fingerprint density at radius 1 is 1.20 bits per heavy atom. The molecule has 0 radical (unpaired) electrons. The topological polar surface area (TPSA) is 63.3 Å². The van der Waals surface area contributed by atoms with Gasteiger partial charge in [0.2, 0.25) is 0 Å². The van der Waals surface area contributed by atoms with Crippen LogP contribution in [0.15, 0.2) is 53.4 Å². The van der Waals surface area contributed by atoms with Gasteiger partial charge < -0.3 is 10.8 Å². The van der Waals surface area contributed by atoms with E-state index < -0.39 is 22.7 Å². The van der Waals surface area contributed by atoms with E-state index >= 15 is 0 Å². The highest BCUT2D eigenvalue weighted by Crippen LogP contribution is 2.18. The van der Waals surface area contributed by atoms with Gasteiger partial charge in [-0.2, -0.15) is 0 Å². The minimum atomic E-state index is -1.45. The molecule has 106 valence electrons. The Bertz CT molecular complexity index is 601. The van der Waals surface area contributed by atoms with E-state index in [9.17, 15) is 13.7 Å². The van der Waals surface area contributed by atoms with Crippen LogP contribution in [0.2, 0.25) is 0 Å². The Morgan fingerprint density at radius 2 is 1.90 bits per heavy atom. The summed E-state index contributed by atoms with van der Waals surface area (Å²) in [5, 5.41) is 10.1. The molecule has 0 aliphatic heterocycles. The van der Waals surface area contributed by atoms with Gasteiger partial charge in [-0.1, -0.05) is 30.3 Å². The van der Waals surface area contributed by atoms with Crippen LogP contribution in [0.1, 0.15) is 17.2 Å². The molecule has 0 spiro atoms. The van der Waals surface area contributed by atoms with Crippen molar-refractivity contribution in [2.45, 2.75) is 17.5 Å². The zero-order chi connectivity index (χ0) is 14.5. The van der Waals surface area contributed by atoms with Crippen molar-refractivity contribution in [2.75, 3.05) is 5.75 Å². The highest BCUT2D eigenvalue weighted by atomic mass is 32.2. The molecule has 0 saturated heterocycles. The lowest BCUT2D eigenvalue weighted by atomic mass is 10.1. The minimum absolute atomic E-state index is 0.0332. The first-order chi connectivity index (χ1) is 9.60. The molecule has 0 bridgehead atoms. The van der Waals surface area contributed by atoms with Gasteiger partial charge in [0.15, 0.2) is 0 Å². The number of rotatable bonds is 5. The predicted octanol–water partition coefficient (Wildman–Crippen LogP) is 2.13. The molecule has 0 heterocycles. The Hall–Kier alpha value is -1.56. The molecule has 0 fully saturated rings. The lowest BCUT2D eigenvalue weighted by Crippen LogP contribution is -2.09. The van der Waals surface area contributed by atoms with Crippen molar-refractivity contribution >= 4 is 10.8 Å². The molecule has 2 atom stereocenters. The van der Waals surface area contributed by atoms with Crippen molar-refractivity contribution < 1.29 is 13.7 Å². The van der Waals surface area contributed by atoms with Crippen molar-refractivity contribution in [3.63, 3.8) is 0 Å². The van der Waals surface area contributed by atoms with E-state index in [0.29, 0.717) is 17.0 Å². The number of halogens is 1. The molecule has 0 aliphatic rings. The third-order valence-electron chi connectivity index (χ3n) is 2.97. The maximum absolute atomic E-state index is 13.1. The van der Waals surface area contributed by atoms with Gasteiger partial charge >= 0.3 is 0 Å². The lowest BCUT2D eigenvalue weighted by Gasteiger charge is -2.11. The third kappa shape index (κ3) is 3.72. The fraction of sp³-hybridized carbons (Fsp3) is 0.200. The molecular weight excluding hydrogens is 277 g/mol. The van der Waals surface area contributed by atoms with Crippen molar-refractivity contribution in [1.82, 2.24) is 0 Å². The highest BCUT2D eigenvalue weighted by Gasteiger charge is 2.13. The molecule has 0 aromatic heterocycles. The second-order valence-electron chi connectivity index (χ2n) is 4.43. The molecule has 0 aliphatic carbocycles. The van der Waals surface area contributed by atoms with Crippen LogP contribution >= 0.6 is 0 Å². The van der Waals surface area contributed by atoms with Crippen LogP contribution in [0.4, 0.5) is 4.39 Å². The lowest BCUT2D eigenvalue weighted by molar-refractivity contribution is 0.203. The molecule has 2 aromatic carbocycles. The second-order valence-corrected chi connectivity index (χ2v) is 5.93. The molecule has 3 N–H and O–H groups in total. The Labute approximate surface area is 119 Å². The minimum Gasteiger partial charge on any atom is -0.387 e. The number of aliphatic hydroxyl groups excluding tert-OH is 1. The first-order valence-corrected chi connectivity index (χ1v) is 7.53. The first-order valence-electron chi connectivity index (χ1n) is 6.21. The maximum Gasteiger partial charge on any atom is 0.124 e. The van der Waals surface area contributed by atoms with E-state index in [-0.39, 0.29) is 5.75 Å². The van der Waals surface area contributed by atoms with Crippen LogP contribution < -0.4 is 5.73 Å². The Kier molecular flexibility index (Phi) is 5.00. The smallest absolute Gasteiger partial charge is 0.124 e. The van der Waals surface area contributed by atoms with Gasteiger partial charge in [-0.15, -0.1) is 0 Å². The summed E-state index contributed by atoms with van der Waals surface area (Å²) in [5.41, 5.74) is 7.14. The van der Waals surface area contributed by atoms with E-state index in [1.165, 1.54) is 18.2 Å². The third-order valence-corrected chi connectivity index (χ3v) is 4.37. The molecule has 2 rings (SSSR count). The fourth-order valence-electron chi connectivity index (χ4n) is 1.82. The van der Waals surface area contributed by atoms with Crippen LogP contribution in [0, 0.1) is 5.82 Å². The van der Waals surface area contributed by atoms with E-state index in [1.54, 1.807) is 18.2 Å². The summed E-state index contributed by atoms with van der Waals surface area (Å²) in [6, 6.07) is 12.8. The molecule has 2 unspecified atom stereocenters. The van der Waals surface area contributed by atoms with Crippen molar-refractivity contribution in [3.05, 3.63) is 65.5 Å². The standard InChI is InChI=1S/C15H16FNO2S/c16-13-2-1-3-14(8-13)20(19)10-15(18)12-6-4-11(9-17)5-7-12/h1-8,15,18H,9-10,17H2. The van der Waals surface area contributed by atoms with Crippen molar-refractivity contribution in [3.8, 4) is 0 Å². The molecule has 3 nitrogen and oxygen atoms in total. The van der Waals surface area contributed by atoms with Crippen LogP contribution in [0.5, 0.6) is 0 Å². The summed E-state index contributed by atoms with van der Waals surface area (Å²) in [4.78, 5) is 0.377. The van der Waals surface area contributed by atoms with Gasteiger partial charge in [0.05, 0.1) is 22.7 Å². The van der Waals surface area contributed by atoms with Gasteiger partial charge in [-0.25, -0.2) is 4.39 Å². The summed E-state index contributed by atoms with van der Waals surface area (Å²) in [7, 11) is -1.45. The average molecular weight is 293 g/mol. The zero-order valence-electron chi connectivity index (χ0n) is 10.8. The van der Waals surface area contributed by atoms with Gasteiger partial charge in [0, 0.05) is 11.4 Å². The maximum atomic E-state index is 13.1.